The van der Waals surface area contributed by atoms with Gasteiger partial charge in [0.15, 0.2) is 0 Å². The fourth-order valence-electron chi connectivity index (χ4n) is 4.41. The smallest absolute Gasteiger partial charge is 0.118 e. The summed E-state index contributed by atoms with van der Waals surface area (Å²) in [7, 11) is 0. The lowest BCUT2D eigenvalue weighted by molar-refractivity contribution is -0.146. The molecule has 0 unspecified atom stereocenters. The van der Waals surface area contributed by atoms with Gasteiger partial charge in [0.25, 0.3) is 0 Å². The van der Waals surface area contributed by atoms with E-state index in [4.69, 9.17) is 9.15 Å². The van der Waals surface area contributed by atoms with Crippen molar-refractivity contribution in [2.24, 2.45) is 0 Å². The molecular weight excluding hydrogens is 326 g/mol. The summed E-state index contributed by atoms with van der Waals surface area (Å²) >= 11 is 0. The molecule has 3 heterocycles. The molecule has 5 heteroatoms. The Kier molecular flexibility index (Phi) is 5.38. The topological polar surface area (TPSA) is 50.5 Å². The van der Waals surface area contributed by atoms with Crippen LogP contribution in [0.2, 0.25) is 0 Å². The molecule has 2 fully saturated rings. The lowest BCUT2D eigenvalue weighted by Gasteiger charge is -2.49. The van der Waals surface area contributed by atoms with Crippen LogP contribution in [0.5, 0.6) is 0 Å². The largest absolute Gasteiger partial charge is 0.465 e. The number of furan rings is 1. The van der Waals surface area contributed by atoms with Crippen molar-refractivity contribution in [1.82, 2.24) is 15.2 Å². The van der Waals surface area contributed by atoms with E-state index in [9.17, 15) is 0 Å². The zero-order valence-corrected chi connectivity index (χ0v) is 15.6. The molecule has 1 aliphatic carbocycles. The van der Waals surface area contributed by atoms with Gasteiger partial charge in [0.1, 0.15) is 11.5 Å². The molecule has 2 aliphatic rings. The average Bonchev–Trinajstić information content (AvgIpc) is 3.07. The lowest BCUT2D eigenvalue weighted by atomic mass is 9.78. The summed E-state index contributed by atoms with van der Waals surface area (Å²) in [5.41, 5.74) is 1.15. The van der Waals surface area contributed by atoms with Gasteiger partial charge in [-0.15, -0.1) is 0 Å². The number of hydrogen-bond acceptors (Lipinski definition) is 5. The summed E-state index contributed by atoms with van der Waals surface area (Å²) in [6.07, 6.45) is 8.59. The van der Waals surface area contributed by atoms with Gasteiger partial charge in [-0.3, -0.25) is 9.88 Å². The van der Waals surface area contributed by atoms with Gasteiger partial charge in [0, 0.05) is 38.1 Å². The van der Waals surface area contributed by atoms with Gasteiger partial charge in [-0.25, -0.2) is 0 Å². The van der Waals surface area contributed by atoms with Crippen LogP contribution in [-0.4, -0.2) is 41.2 Å². The summed E-state index contributed by atoms with van der Waals surface area (Å²) in [6.45, 7) is 6.46. The maximum absolute atomic E-state index is 6.43. The van der Waals surface area contributed by atoms with Gasteiger partial charge in [0.05, 0.1) is 18.8 Å². The highest BCUT2D eigenvalue weighted by Crippen LogP contribution is 2.35. The number of rotatable bonds is 5. The number of aromatic nitrogens is 1. The van der Waals surface area contributed by atoms with E-state index in [1.165, 1.54) is 24.8 Å². The first-order chi connectivity index (χ1) is 12.7. The molecule has 1 aliphatic heterocycles. The number of pyridine rings is 1. The minimum atomic E-state index is -0.0830. The zero-order valence-electron chi connectivity index (χ0n) is 15.6. The summed E-state index contributed by atoms with van der Waals surface area (Å²) in [6, 6.07) is 8.65. The van der Waals surface area contributed by atoms with Gasteiger partial charge in [-0.1, -0.05) is 18.9 Å². The highest BCUT2D eigenvalue weighted by molar-refractivity contribution is 5.10. The fraction of sp³-hybridized carbons (Fsp3) is 0.571. The van der Waals surface area contributed by atoms with E-state index in [-0.39, 0.29) is 5.60 Å². The Morgan fingerprint density at radius 2 is 2.27 bits per heavy atom. The number of nitrogens with zero attached hydrogens (tertiary/aromatic N) is 2. The van der Waals surface area contributed by atoms with Crippen LogP contribution < -0.4 is 5.32 Å². The van der Waals surface area contributed by atoms with E-state index in [0.717, 1.165) is 50.7 Å². The second kappa shape index (κ2) is 7.91. The number of morpholine rings is 1. The number of ether oxygens (including phenoxy) is 1. The average molecular weight is 355 g/mol. The molecule has 140 valence electrons. The first-order valence-corrected chi connectivity index (χ1v) is 9.77. The Balaban J connectivity index is 1.42. The molecule has 4 rings (SSSR count). The summed E-state index contributed by atoms with van der Waals surface area (Å²) in [5, 5.41) is 3.77. The highest BCUT2D eigenvalue weighted by Gasteiger charge is 2.45. The van der Waals surface area contributed by atoms with Crippen LogP contribution in [-0.2, 0) is 17.8 Å². The van der Waals surface area contributed by atoms with E-state index in [1.807, 2.05) is 31.5 Å². The minimum Gasteiger partial charge on any atom is -0.465 e. The Labute approximate surface area is 155 Å². The third kappa shape index (κ3) is 4.00. The molecule has 0 aromatic carbocycles. The fourth-order valence-corrected chi connectivity index (χ4v) is 4.41. The van der Waals surface area contributed by atoms with Gasteiger partial charge in [-0.2, -0.15) is 0 Å². The van der Waals surface area contributed by atoms with Gasteiger partial charge in [0.2, 0.25) is 0 Å². The molecule has 5 nitrogen and oxygen atoms in total. The normalized spacial score (nSPS) is 27.0. The van der Waals surface area contributed by atoms with Crippen LogP contribution in [0.25, 0.3) is 0 Å². The van der Waals surface area contributed by atoms with Crippen molar-refractivity contribution in [3.05, 3.63) is 53.7 Å². The molecule has 0 radical (unpaired) electrons. The van der Waals surface area contributed by atoms with Gasteiger partial charge >= 0.3 is 0 Å². The predicted molar refractivity (Wildman–Crippen MR) is 101 cm³/mol. The summed E-state index contributed by atoms with van der Waals surface area (Å²) in [4.78, 5) is 6.72. The molecule has 1 saturated carbocycles. The SMILES string of the molecule is Cc1ccc(CN2CCO[C@]3(CCCC[C@@H]3NCc3cccnc3)C2)o1. The molecule has 0 amide bonds. The number of hydrogen-bond donors (Lipinski definition) is 1. The Morgan fingerprint density at radius 3 is 3.08 bits per heavy atom. The maximum atomic E-state index is 6.43. The highest BCUT2D eigenvalue weighted by atomic mass is 16.5. The third-order valence-electron chi connectivity index (χ3n) is 5.72. The zero-order chi connectivity index (χ0) is 17.8. The van der Waals surface area contributed by atoms with Crippen LogP contribution in [0.4, 0.5) is 0 Å². The van der Waals surface area contributed by atoms with E-state index in [0.29, 0.717) is 6.04 Å². The van der Waals surface area contributed by atoms with Gasteiger partial charge in [-0.05, 0) is 43.5 Å². The van der Waals surface area contributed by atoms with E-state index >= 15 is 0 Å². The molecule has 1 saturated heterocycles. The number of nitrogens with one attached hydrogen (secondary N) is 1. The molecule has 1 spiro atoms. The minimum absolute atomic E-state index is 0.0830. The lowest BCUT2D eigenvalue weighted by Crippen LogP contribution is -2.63. The Morgan fingerprint density at radius 1 is 1.31 bits per heavy atom. The first-order valence-electron chi connectivity index (χ1n) is 9.77. The van der Waals surface area contributed by atoms with Crippen LogP contribution >= 0.6 is 0 Å². The van der Waals surface area contributed by atoms with E-state index < -0.39 is 0 Å². The molecule has 2 aromatic rings. The molecule has 2 aromatic heterocycles. The van der Waals surface area contributed by atoms with Crippen LogP contribution in [0.1, 0.15) is 42.8 Å². The molecular formula is C21H29N3O2. The van der Waals surface area contributed by atoms with Crippen molar-refractivity contribution in [3.63, 3.8) is 0 Å². The molecule has 1 N–H and O–H groups in total. The van der Waals surface area contributed by atoms with Crippen molar-refractivity contribution in [2.75, 3.05) is 19.7 Å². The second-order valence-electron chi connectivity index (χ2n) is 7.68. The van der Waals surface area contributed by atoms with Crippen molar-refractivity contribution in [2.45, 2.75) is 57.3 Å². The summed E-state index contributed by atoms with van der Waals surface area (Å²) in [5.74, 6) is 2.03. The summed E-state index contributed by atoms with van der Waals surface area (Å²) < 4.78 is 12.2. The number of aryl methyl sites for hydroxylation is 1. The van der Waals surface area contributed by atoms with Crippen LogP contribution in [0, 0.1) is 6.92 Å². The Hall–Kier alpha value is -1.69. The standard InChI is InChI=1S/C21H29N3O2/c1-17-7-8-19(26-17)15-24-11-12-25-21(16-24)9-3-2-6-20(21)23-14-18-5-4-10-22-13-18/h4-5,7-8,10,13,20,23H,2-3,6,9,11-12,14-16H2,1H3/t20-,21+/m0/s1. The third-order valence-corrected chi connectivity index (χ3v) is 5.72. The van der Waals surface area contributed by atoms with Crippen molar-refractivity contribution < 1.29 is 9.15 Å². The van der Waals surface area contributed by atoms with Crippen molar-refractivity contribution >= 4 is 0 Å². The van der Waals surface area contributed by atoms with Crippen molar-refractivity contribution in [3.8, 4) is 0 Å². The Bertz CT molecular complexity index is 698. The van der Waals surface area contributed by atoms with Gasteiger partial charge < -0.3 is 14.5 Å². The molecule has 0 bridgehead atoms. The predicted octanol–water partition coefficient (Wildman–Crippen LogP) is 3.29. The van der Waals surface area contributed by atoms with E-state index in [1.54, 1.807) is 0 Å². The van der Waals surface area contributed by atoms with Crippen LogP contribution in [0.15, 0.2) is 41.1 Å². The maximum Gasteiger partial charge on any atom is 0.118 e. The molecule has 2 atom stereocenters. The molecule has 26 heavy (non-hydrogen) atoms. The van der Waals surface area contributed by atoms with E-state index in [2.05, 4.69) is 27.3 Å². The monoisotopic (exact) mass is 355 g/mol. The van der Waals surface area contributed by atoms with Crippen molar-refractivity contribution in [1.29, 1.82) is 0 Å². The second-order valence-corrected chi connectivity index (χ2v) is 7.68. The first kappa shape index (κ1) is 17.7. The van der Waals surface area contributed by atoms with Crippen LogP contribution in [0.3, 0.4) is 0 Å². The quantitative estimate of drug-likeness (QED) is 0.892.